The molecule has 2 fully saturated rings. The molecule has 44 heavy (non-hydrogen) atoms. The highest BCUT2D eigenvalue weighted by molar-refractivity contribution is 5.87. The number of hydrogen-bond donors (Lipinski definition) is 0. The number of benzene rings is 5. The Balaban J connectivity index is 1.08. The molecule has 0 aliphatic carbocycles. The van der Waals surface area contributed by atoms with Crippen molar-refractivity contribution < 1.29 is 28.4 Å². The molecule has 0 radical (unpaired) electrons. The predicted octanol–water partition coefficient (Wildman–Crippen LogP) is 8.94. The summed E-state index contributed by atoms with van der Waals surface area (Å²) in [5.41, 5.74) is 1.89. The van der Waals surface area contributed by atoms with Crippen LogP contribution in [0.2, 0.25) is 0 Å². The third kappa shape index (κ3) is 6.78. The molecule has 5 aromatic carbocycles. The lowest BCUT2D eigenvalue weighted by Gasteiger charge is -2.12. The average Bonchev–Trinajstić information content (AvgIpc) is 3.98. The Kier molecular flexibility index (Phi) is 7.76. The van der Waals surface area contributed by atoms with E-state index in [1.807, 2.05) is 91.0 Å². The third-order valence-corrected chi connectivity index (χ3v) is 7.49. The van der Waals surface area contributed by atoms with Gasteiger partial charge in [-0.15, -0.1) is 0 Å². The molecule has 6 nitrogen and oxygen atoms in total. The van der Waals surface area contributed by atoms with E-state index in [1.165, 1.54) is 0 Å². The molecule has 2 aliphatic heterocycles. The van der Waals surface area contributed by atoms with Crippen LogP contribution in [0.25, 0.3) is 33.7 Å². The quantitative estimate of drug-likeness (QED) is 0.0782. The molecule has 220 valence electrons. The first kappa shape index (κ1) is 27.8. The van der Waals surface area contributed by atoms with E-state index < -0.39 is 0 Å². The summed E-state index contributed by atoms with van der Waals surface area (Å²) in [4.78, 5) is 0. The zero-order chi connectivity index (χ0) is 29.9. The van der Waals surface area contributed by atoms with Crippen LogP contribution in [0.5, 0.6) is 28.7 Å². The van der Waals surface area contributed by atoms with Crippen molar-refractivity contribution in [2.24, 2.45) is 0 Å². The number of allylic oxidation sites excluding steroid dienone is 1. The van der Waals surface area contributed by atoms with E-state index in [-0.39, 0.29) is 12.2 Å². The lowest BCUT2D eigenvalue weighted by Crippen LogP contribution is -2.03. The highest BCUT2D eigenvalue weighted by Gasteiger charge is 2.23. The Labute approximate surface area is 256 Å². The Morgan fingerprint density at radius 3 is 1.66 bits per heavy atom. The van der Waals surface area contributed by atoms with Crippen molar-refractivity contribution in [3.8, 4) is 28.7 Å². The molecule has 2 aliphatic rings. The van der Waals surface area contributed by atoms with E-state index in [0.29, 0.717) is 24.7 Å². The maximum absolute atomic E-state index is 6.30. The van der Waals surface area contributed by atoms with E-state index in [1.54, 1.807) is 6.08 Å². The summed E-state index contributed by atoms with van der Waals surface area (Å²) in [6, 6.07) is 30.1. The van der Waals surface area contributed by atoms with Gasteiger partial charge in [-0.1, -0.05) is 49.6 Å². The molecule has 2 unspecified atom stereocenters. The van der Waals surface area contributed by atoms with Crippen molar-refractivity contribution in [2.75, 3.05) is 26.4 Å². The first-order valence-electron chi connectivity index (χ1n) is 14.6. The van der Waals surface area contributed by atoms with Gasteiger partial charge in [-0.05, 0) is 105 Å². The maximum Gasteiger partial charge on any atom is 0.128 e. The number of hydrogen-bond acceptors (Lipinski definition) is 6. The molecular weight excluding hydrogens is 552 g/mol. The fourth-order valence-corrected chi connectivity index (χ4v) is 4.91. The second-order valence-corrected chi connectivity index (χ2v) is 10.8. The Morgan fingerprint density at radius 2 is 1.11 bits per heavy atom. The fourth-order valence-electron chi connectivity index (χ4n) is 4.91. The van der Waals surface area contributed by atoms with Crippen LogP contribution in [0, 0.1) is 0 Å². The van der Waals surface area contributed by atoms with Gasteiger partial charge >= 0.3 is 0 Å². The van der Waals surface area contributed by atoms with Crippen LogP contribution in [0.3, 0.4) is 0 Å². The van der Waals surface area contributed by atoms with E-state index in [9.17, 15) is 0 Å². The van der Waals surface area contributed by atoms with Crippen molar-refractivity contribution in [3.63, 3.8) is 0 Å². The number of epoxide rings is 2. The topological polar surface area (TPSA) is 62.0 Å². The highest BCUT2D eigenvalue weighted by atomic mass is 16.6. The zero-order valence-corrected chi connectivity index (χ0v) is 24.2. The Bertz CT molecular complexity index is 1880. The molecule has 2 atom stereocenters. The van der Waals surface area contributed by atoms with Gasteiger partial charge in [-0.25, -0.2) is 0 Å². The molecule has 0 spiro atoms. The van der Waals surface area contributed by atoms with Crippen LogP contribution in [-0.4, -0.2) is 38.6 Å². The summed E-state index contributed by atoms with van der Waals surface area (Å²) in [7, 11) is 0. The molecule has 6 heteroatoms. The zero-order valence-electron chi connectivity index (χ0n) is 24.2. The first-order chi connectivity index (χ1) is 21.6. The smallest absolute Gasteiger partial charge is 0.128 e. The molecule has 0 N–H and O–H groups in total. The number of fused-ring (bicyclic) bond motifs is 2. The molecule has 2 saturated heterocycles. The van der Waals surface area contributed by atoms with Gasteiger partial charge in [0.1, 0.15) is 59.9 Å². The largest absolute Gasteiger partial charge is 0.491 e. The average molecular weight is 585 g/mol. The summed E-state index contributed by atoms with van der Waals surface area (Å²) in [5, 5.41) is 4.26. The summed E-state index contributed by atoms with van der Waals surface area (Å²) in [6.45, 7) is 10.4. The first-order valence-corrected chi connectivity index (χ1v) is 14.6. The van der Waals surface area contributed by atoms with Gasteiger partial charge in [-0.3, -0.25) is 0 Å². The van der Waals surface area contributed by atoms with Gasteiger partial charge < -0.3 is 28.4 Å². The second kappa shape index (κ2) is 12.3. The lowest BCUT2D eigenvalue weighted by molar-refractivity contribution is 0.195. The third-order valence-electron chi connectivity index (χ3n) is 7.49. The van der Waals surface area contributed by atoms with Gasteiger partial charge in [0.2, 0.25) is 0 Å². The minimum Gasteiger partial charge on any atom is -0.491 e. The monoisotopic (exact) mass is 584 g/mol. The Hall–Kier alpha value is -5.04. The number of rotatable bonds is 13. The molecule has 0 bridgehead atoms. The standard InChI is InChI=1S/C38H32O6/c1-3-25-5-11-33(17-28(25)15-31(4-2)39-21-37-23-41-37)43-35-13-8-27-9-14-36(20-30(27)19-35)44-34-12-7-26-6-10-32(16-29(26)18-34)40-22-38-24-42-38/h3-20,37-38H,1-2,21-24H2/b31-15+. The van der Waals surface area contributed by atoms with Crippen LogP contribution < -0.4 is 14.2 Å². The van der Waals surface area contributed by atoms with Crippen molar-refractivity contribution in [1.29, 1.82) is 0 Å². The Morgan fingerprint density at radius 1 is 0.614 bits per heavy atom. The summed E-state index contributed by atoms with van der Waals surface area (Å²) in [6.07, 6.45) is 5.83. The number of ether oxygens (including phenoxy) is 6. The van der Waals surface area contributed by atoms with Gasteiger partial charge in [0.25, 0.3) is 0 Å². The molecule has 7 rings (SSSR count). The summed E-state index contributed by atoms with van der Waals surface area (Å²) >= 11 is 0. The summed E-state index contributed by atoms with van der Waals surface area (Å²) < 4.78 is 34.8. The van der Waals surface area contributed by atoms with Gasteiger partial charge in [-0.2, -0.15) is 0 Å². The second-order valence-electron chi connectivity index (χ2n) is 10.8. The van der Waals surface area contributed by atoms with E-state index in [0.717, 1.165) is 68.9 Å². The SMILES string of the molecule is C=C/C(=C\c1cc(Oc2ccc3ccc(Oc4ccc5ccc(OCC6CO6)cc5c4)cc3c2)ccc1C=C)OCC1CO1. The van der Waals surface area contributed by atoms with Crippen LogP contribution in [0.1, 0.15) is 11.1 Å². The highest BCUT2D eigenvalue weighted by Crippen LogP contribution is 2.33. The van der Waals surface area contributed by atoms with Crippen LogP contribution in [-0.2, 0) is 14.2 Å². The van der Waals surface area contributed by atoms with Crippen LogP contribution >= 0.6 is 0 Å². The lowest BCUT2D eigenvalue weighted by atomic mass is 10.1. The molecule has 0 amide bonds. The van der Waals surface area contributed by atoms with Gasteiger partial charge in [0.05, 0.1) is 13.2 Å². The molecule has 2 heterocycles. The molecule has 0 aromatic heterocycles. The van der Waals surface area contributed by atoms with E-state index in [2.05, 4.69) is 25.3 Å². The molecule has 0 saturated carbocycles. The van der Waals surface area contributed by atoms with E-state index in [4.69, 9.17) is 28.4 Å². The van der Waals surface area contributed by atoms with Crippen molar-refractivity contribution in [2.45, 2.75) is 12.2 Å². The predicted molar refractivity (Wildman–Crippen MR) is 174 cm³/mol. The van der Waals surface area contributed by atoms with Crippen molar-refractivity contribution >= 4 is 33.7 Å². The molecular formula is C38H32O6. The van der Waals surface area contributed by atoms with E-state index >= 15 is 0 Å². The minimum absolute atomic E-state index is 0.166. The summed E-state index contributed by atoms with van der Waals surface area (Å²) in [5.74, 6) is 4.40. The van der Waals surface area contributed by atoms with Crippen molar-refractivity contribution in [3.05, 3.63) is 127 Å². The normalized spacial score (nSPS) is 17.2. The van der Waals surface area contributed by atoms with Crippen LogP contribution in [0.4, 0.5) is 0 Å². The van der Waals surface area contributed by atoms with Gasteiger partial charge in [0.15, 0.2) is 0 Å². The molecule has 5 aromatic rings. The van der Waals surface area contributed by atoms with Gasteiger partial charge in [0, 0.05) is 0 Å². The van der Waals surface area contributed by atoms with Crippen molar-refractivity contribution in [1.82, 2.24) is 0 Å². The minimum atomic E-state index is 0.166. The van der Waals surface area contributed by atoms with Crippen LogP contribution in [0.15, 0.2) is 116 Å². The maximum atomic E-state index is 6.30. The fraction of sp³-hybridized carbons (Fsp3) is 0.158.